The van der Waals surface area contributed by atoms with Crippen molar-refractivity contribution in [1.82, 2.24) is 0 Å². The molecule has 0 heterocycles. The maximum Gasteiger partial charge on any atom is 0.119 e. The van der Waals surface area contributed by atoms with Crippen molar-refractivity contribution in [2.24, 2.45) is 0 Å². The van der Waals surface area contributed by atoms with Gasteiger partial charge in [0.05, 0.1) is 13.2 Å². The molecule has 2 N–H and O–H groups in total. The van der Waals surface area contributed by atoms with E-state index in [1.165, 1.54) is 0 Å². The number of ether oxygens (including phenoxy) is 1. The Morgan fingerprint density at radius 3 is 2.33 bits per heavy atom. The van der Waals surface area contributed by atoms with E-state index in [0.717, 1.165) is 17.0 Å². The van der Waals surface area contributed by atoms with Gasteiger partial charge in [-0.2, -0.15) is 0 Å². The maximum absolute atomic E-state index is 10.00. The first-order chi connectivity index (χ1) is 8.79. The van der Waals surface area contributed by atoms with Gasteiger partial charge in [-0.3, -0.25) is 0 Å². The smallest absolute Gasteiger partial charge is 0.119 e. The van der Waals surface area contributed by atoms with Gasteiger partial charge in [0.2, 0.25) is 0 Å². The van der Waals surface area contributed by atoms with Crippen molar-refractivity contribution in [3.8, 4) is 5.75 Å². The summed E-state index contributed by atoms with van der Waals surface area (Å²) in [5, 5.41) is 13.2. The molecule has 0 saturated heterocycles. The van der Waals surface area contributed by atoms with E-state index in [1.807, 2.05) is 54.6 Å². The molecule has 2 rings (SSSR count). The van der Waals surface area contributed by atoms with Crippen LogP contribution in [0.1, 0.15) is 11.7 Å². The second-order valence-corrected chi connectivity index (χ2v) is 4.04. The minimum absolute atomic E-state index is 0.482. The molecular weight excluding hydrogens is 226 g/mol. The van der Waals surface area contributed by atoms with E-state index in [4.69, 9.17) is 4.74 Å². The van der Waals surface area contributed by atoms with Crippen LogP contribution in [-0.2, 0) is 0 Å². The SMILES string of the molecule is COc1ccc(NC[C@H](O)c2ccccc2)cc1. The molecule has 2 aromatic carbocycles. The number of nitrogens with one attached hydrogen (secondary N) is 1. The predicted octanol–water partition coefficient (Wildman–Crippen LogP) is 2.84. The first kappa shape index (κ1) is 12.5. The molecule has 18 heavy (non-hydrogen) atoms. The van der Waals surface area contributed by atoms with E-state index in [1.54, 1.807) is 7.11 Å². The molecule has 0 fully saturated rings. The molecular formula is C15H17NO2. The van der Waals surface area contributed by atoms with Gasteiger partial charge in [-0.1, -0.05) is 30.3 Å². The zero-order valence-electron chi connectivity index (χ0n) is 10.3. The van der Waals surface area contributed by atoms with Crippen molar-refractivity contribution < 1.29 is 9.84 Å². The van der Waals surface area contributed by atoms with E-state index in [-0.39, 0.29) is 0 Å². The van der Waals surface area contributed by atoms with E-state index < -0.39 is 6.10 Å². The van der Waals surface area contributed by atoms with Gasteiger partial charge in [0, 0.05) is 12.2 Å². The molecule has 94 valence electrons. The Morgan fingerprint density at radius 2 is 1.72 bits per heavy atom. The van der Waals surface area contributed by atoms with Gasteiger partial charge < -0.3 is 15.2 Å². The summed E-state index contributed by atoms with van der Waals surface area (Å²) in [6.45, 7) is 0.482. The number of aliphatic hydroxyl groups is 1. The van der Waals surface area contributed by atoms with Crippen molar-refractivity contribution in [1.29, 1.82) is 0 Å². The minimum Gasteiger partial charge on any atom is -0.497 e. The molecule has 0 aromatic heterocycles. The maximum atomic E-state index is 10.00. The van der Waals surface area contributed by atoms with Gasteiger partial charge in [0.15, 0.2) is 0 Å². The summed E-state index contributed by atoms with van der Waals surface area (Å²) in [4.78, 5) is 0. The lowest BCUT2D eigenvalue weighted by molar-refractivity contribution is 0.191. The molecule has 3 heteroatoms. The van der Waals surface area contributed by atoms with Crippen molar-refractivity contribution in [2.75, 3.05) is 19.0 Å². The first-order valence-corrected chi connectivity index (χ1v) is 5.90. The number of rotatable bonds is 5. The topological polar surface area (TPSA) is 41.5 Å². The third-order valence-corrected chi connectivity index (χ3v) is 2.77. The van der Waals surface area contributed by atoms with Gasteiger partial charge in [0.25, 0.3) is 0 Å². The second kappa shape index (κ2) is 6.07. The summed E-state index contributed by atoms with van der Waals surface area (Å²) in [6, 6.07) is 17.2. The average molecular weight is 243 g/mol. The highest BCUT2D eigenvalue weighted by atomic mass is 16.5. The highest BCUT2D eigenvalue weighted by Gasteiger charge is 2.05. The summed E-state index contributed by atoms with van der Waals surface area (Å²) < 4.78 is 5.09. The molecule has 3 nitrogen and oxygen atoms in total. The lowest BCUT2D eigenvalue weighted by Crippen LogP contribution is -2.11. The minimum atomic E-state index is -0.506. The van der Waals surface area contributed by atoms with Crippen LogP contribution in [0.3, 0.4) is 0 Å². The van der Waals surface area contributed by atoms with Crippen LogP contribution in [0.5, 0.6) is 5.75 Å². The fraction of sp³-hybridized carbons (Fsp3) is 0.200. The molecule has 0 amide bonds. The molecule has 0 aliphatic rings. The van der Waals surface area contributed by atoms with Crippen molar-refractivity contribution in [2.45, 2.75) is 6.10 Å². The van der Waals surface area contributed by atoms with Crippen LogP contribution in [0, 0.1) is 0 Å². The largest absolute Gasteiger partial charge is 0.497 e. The molecule has 0 saturated carbocycles. The summed E-state index contributed by atoms with van der Waals surface area (Å²) in [7, 11) is 1.64. The Labute approximate surface area is 107 Å². The van der Waals surface area contributed by atoms with Crippen LogP contribution in [0.25, 0.3) is 0 Å². The second-order valence-electron chi connectivity index (χ2n) is 4.04. The summed E-state index contributed by atoms with van der Waals surface area (Å²) in [6.07, 6.45) is -0.506. The van der Waals surface area contributed by atoms with Crippen LogP contribution in [0.15, 0.2) is 54.6 Å². The van der Waals surface area contributed by atoms with Gasteiger partial charge in [-0.15, -0.1) is 0 Å². The van der Waals surface area contributed by atoms with E-state index in [2.05, 4.69) is 5.32 Å². The number of hydrogen-bond acceptors (Lipinski definition) is 3. The zero-order valence-corrected chi connectivity index (χ0v) is 10.3. The summed E-state index contributed by atoms with van der Waals surface area (Å²) in [5.41, 5.74) is 1.88. The lowest BCUT2D eigenvalue weighted by Gasteiger charge is -2.13. The Morgan fingerprint density at radius 1 is 1.06 bits per heavy atom. The Hall–Kier alpha value is -2.00. The number of aliphatic hydroxyl groups excluding tert-OH is 1. The van der Waals surface area contributed by atoms with Gasteiger partial charge >= 0.3 is 0 Å². The van der Waals surface area contributed by atoms with Crippen LogP contribution in [-0.4, -0.2) is 18.8 Å². The Bertz CT molecular complexity index is 468. The molecule has 0 radical (unpaired) electrons. The first-order valence-electron chi connectivity index (χ1n) is 5.90. The molecule has 0 aliphatic heterocycles. The predicted molar refractivity (Wildman–Crippen MR) is 72.9 cm³/mol. The van der Waals surface area contributed by atoms with Crippen LogP contribution < -0.4 is 10.1 Å². The van der Waals surface area contributed by atoms with Crippen molar-refractivity contribution >= 4 is 5.69 Å². The van der Waals surface area contributed by atoms with Crippen LogP contribution in [0.4, 0.5) is 5.69 Å². The third kappa shape index (κ3) is 3.25. The molecule has 0 spiro atoms. The fourth-order valence-electron chi connectivity index (χ4n) is 1.72. The average Bonchev–Trinajstić information content (AvgIpc) is 2.46. The van der Waals surface area contributed by atoms with Gasteiger partial charge in [-0.05, 0) is 29.8 Å². The molecule has 0 unspecified atom stereocenters. The highest BCUT2D eigenvalue weighted by Crippen LogP contribution is 2.17. The van der Waals surface area contributed by atoms with Crippen molar-refractivity contribution in [3.63, 3.8) is 0 Å². The molecule has 0 bridgehead atoms. The molecule has 1 atom stereocenters. The van der Waals surface area contributed by atoms with E-state index >= 15 is 0 Å². The normalized spacial score (nSPS) is 11.9. The monoisotopic (exact) mass is 243 g/mol. The number of benzene rings is 2. The standard InChI is InChI=1S/C15H17NO2/c1-18-14-9-7-13(8-10-14)16-11-15(17)12-5-3-2-4-6-12/h2-10,15-17H,11H2,1H3/t15-/m0/s1. The summed E-state index contributed by atoms with van der Waals surface area (Å²) in [5.74, 6) is 0.823. The quantitative estimate of drug-likeness (QED) is 0.848. The number of anilines is 1. The van der Waals surface area contributed by atoms with Gasteiger partial charge in [0.1, 0.15) is 5.75 Å². The molecule has 0 aliphatic carbocycles. The Kier molecular flexibility index (Phi) is 4.20. The van der Waals surface area contributed by atoms with E-state index in [0.29, 0.717) is 6.54 Å². The highest BCUT2D eigenvalue weighted by molar-refractivity contribution is 5.46. The number of methoxy groups -OCH3 is 1. The zero-order chi connectivity index (χ0) is 12.8. The van der Waals surface area contributed by atoms with Crippen molar-refractivity contribution in [3.05, 3.63) is 60.2 Å². The van der Waals surface area contributed by atoms with Crippen LogP contribution >= 0.6 is 0 Å². The van der Waals surface area contributed by atoms with E-state index in [9.17, 15) is 5.11 Å². The lowest BCUT2D eigenvalue weighted by atomic mass is 10.1. The number of hydrogen-bond donors (Lipinski definition) is 2. The summed E-state index contributed by atoms with van der Waals surface area (Å²) >= 11 is 0. The van der Waals surface area contributed by atoms with Gasteiger partial charge in [-0.25, -0.2) is 0 Å². The molecule has 2 aromatic rings. The van der Waals surface area contributed by atoms with Crippen LogP contribution in [0.2, 0.25) is 0 Å². The fourth-order valence-corrected chi connectivity index (χ4v) is 1.72. The Balaban J connectivity index is 1.91. The third-order valence-electron chi connectivity index (χ3n) is 2.77.